The fourth-order valence-electron chi connectivity index (χ4n) is 2.58. The molecule has 1 atom stereocenters. The minimum Gasteiger partial charge on any atom is -0.294 e. The maximum absolute atomic E-state index is 12.7. The van der Waals surface area contributed by atoms with Gasteiger partial charge >= 0.3 is 0 Å². The SMILES string of the molecule is Cc1ccc(C(CC(=O)c2ccccc2)Sc2ccccc2)cc1. The molecule has 0 bridgehead atoms. The van der Waals surface area contributed by atoms with Gasteiger partial charge in [0.15, 0.2) is 5.78 Å². The van der Waals surface area contributed by atoms with Crippen molar-refractivity contribution in [2.24, 2.45) is 0 Å². The molecule has 3 rings (SSSR count). The maximum atomic E-state index is 12.7. The third-order valence-electron chi connectivity index (χ3n) is 3.94. The average Bonchev–Trinajstić information content (AvgIpc) is 2.63. The zero-order chi connectivity index (χ0) is 16.8. The number of carbonyl (C=O) groups excluding carboxylic acids is 1. The smallest absolute Gasteiger partial charge is 0.164 e. The van der Waals surface area contributed by atoms with E-state index in [-0.39, 0.29) is 11.0 Å². The summed E-state index contributed by atoms with van der Waals surface area (Å²) in [5, 5.41) is 0.112. The summed E-state index contributed by atoms with van der Waals surface area (Å²) < 4.78 is 0. The lowest BCUT2D eigenvalue weighted by Gasteiger charge is -2.17. The van der Waals surface area contributed by atoms with E-state index in [4.69, 9.17) is 0 Å². The molecule has 0 saturated carbocycles. The molecule has 24 heavy (non-hydrogen) atoms. The van der Waals surface area contributed by atoms with E-state index in [1.54, 1.807) is 11.8 Å². The molecule has 120 valence electrons. The first-order valence-electron chi connectivity index (χ1n) is 8.09. The van der Waals surface area contributed by atoms with Gasteiger partial charge in [0.25, 0.3) is 0 Å². The van der Waals surface area contributed by atoms with Gasteiger partial charge in [0.05, 0.1) is 0 Å². The van der Waals surface area contributed by atoms with Crippen LogP contribution in [-0.2, 0) is 0 Å². The minimum atomic E-state index is 0.112. The number of thioether (sulfide) groups is 1. The Labute approximate surface area is 147 Å². The Morgan fingerprint density at radius 2 is 1.42 bits per heavy atom. The van der Waals surface area contributed by atoms with Gasteiger partial charge in [-0.3, -0.25) is 4.79 Å². The Kier molecular flexibility index (Phi) is 5.50. The lowest BCUT2D eigenvalue weighted by molar-refractivity contribution is 0.0982. The van der Waals surface area contributed by atoms with E-state index in [1.807, 2.05) is 48.5 Å². The Morgan fingerprint density at radius 3 is 2.04 bits per heavy atom. The molecule has 3 aromatic rings. The minimum absolute atomic E-state index is 0.112. The van der Waals surface area contributed by atoms with Crippen LogP contribution in [0.25, 0.3) is 0 Å². The van der Waals surface area contributed by atoms with Crippen molar-refractivity contribution in [3.8, 4) is 0 Å². The number of Topliss-reactive ketones (excluding diaryl/α,β-unsaturated/α-hetero) is 1. The molecule has 0 aliphatic heterocycles. The number of rotatable bonds is 6. The summed E-state index contributed by atoms with van der Waals surface area (Å²) >= 11 is 1.75. The first-order valence-corrected chi connectivity index (χ1v) is 8.97. The van der Waals surface area contributed by atoms with Crippen molar-refractivity contribution in [2.45, 2.75) is 23.5 Å². The summed E-state index contributed by atoms with van der Waals surface area (Å²) in [6.45, 7) is 2.08. The van der Waals surface area contributed by atoms with Gasteiger partial charge in [-0.1, -0.05) is 78.4 Å². The molecule has 3 aromatic carbocycles. The van der Waals surface area contributed by atoms with E-state index < -0.39 is 0 Å². The maximum Gasteiger partial charge on any atom is 0.164 e. The second-order valence-electron chi connectivity index (χ2n) is 5.82. The van der Waals surface area contributed by atoms with Crippen LogP contribution in [-0.4, -0.2) is 5.78 Å². The fraction of sp³-hybridized carbons (Fsp3) is 0.136. The van der Waals surface area contributed by atoms with Crippen LogP contribution in [0.3, 0.4) is 0 Å². The van der Waals surface area contributed by atoms with Crippen molar-refractivity contribution >= 4 is 17.5 Å². The number of ketones is 1. The molecular formula is C22H20OS. The molecule has 0 spiro atoms. The molecule has 0 aromatic heterocycles. The van der Waals surface area contributed by atoms with Crippen LogP contribution in [0, 0.1) is 6.92 Å². The fourth-order valence-corrected chi connectivity index (χ4v) is 3.75. The molecule has 2 heteroatoms. The summed E-state index contributed by atoms with van der Waals surface area (Å²) in [4.78, 5) is 13.9. The van der Waals surface area contributed by atoms with E-state index in [0.29, 0.717) is 6.42 Å². The Balaban J connectivity index is 1.84. The molecule has 1 unspecified atom stereocenters. The summed E-state index contributed by atoms with van der Waals surface area (Å²) in [6.07, 6.45) is 0.493. The lowest BCUT2D eigenvalue weighted by Crippen LogP contribution is -2.05. The highest BCUT2D eigenvalue weighted by molar-refractivity contribution is 7.99. The highest BCUT2D eigenvalue weighted by atomic mass is 32.2. The highest BCUT2D eigenvalue weighted by Crippen LogP contribution is 2.38. The van der Waals surface area contributed by atoms with E-state index >= 15 is 0 Å². The van der Waals surface area contributed by atoms with Gasteiger partial charge in [-0.2, -0.15) is 0 Å². The van der Waals surface area contributed by atoms with Crippen molar-refractivity contribution in [3.63, 3.8) is 0 Å². The van der Waals surface area contributed by atoms with E-state index in [1.165, 1.54) is 16.0 Å². The normalized spacial score (nSPS) is 11.9. The van der Waals surface area contributed by atoms with Crippen LogP contribution < -0.4 is 0 Å². The Morgan fingerprint density at radius 1 is 0.833 bits per heavy atom. The van der Waals surface area contributed by atoms with Gasteiger partial charge < -0.3 is 0 Å². The first kappa shape index (κ1) is 16.5. The van der Waals surface area contributed by atoms with Crippen molar-refractivity contribution in [2.75, 3.05) is 0 Å². The highest BCUT2D eigenvalue weighted by Gasteiger charge is 2.18. The summed E-state index contributed by atoms with van der Waals surface area (Å²) in [7, 11) is 0. The molecule has 0 N–H and O–H groups in total. The third kappa shape index (κ3) is 4.36. The van der Waals surface area contributed by atoms with E-state index in [2.05, 4.69) is 43.3 Å². The molecular weight excluding hydrogens is 312 g/mol. The van der Waals surface area contributed by atoms with Crippen LogP contribution in [0.1, 0.15) is 33.2 Å². The monoisotopic (exact) mass is 332 g/mol. The van der Waals surface area contributed by atoms with Gasteiger partial charge in [-0.15, -0.1) is 11.8 Å². The third-order valence-corrected chi connectivity index (χ3v) is 5.20. The number of aryl methyl sites for hydroxylation is 1. The van der Waals surface area contributed by atoms with Crippen LogP contribution >= 0.6 is 11.8 Å². The number of hydrogen-bond acceptors (Lipinski definition) is 2. The van der Waals surface area contributed by atoms with Crippen LogP contribution in [0.5, 0.6) is 0 Å². The van der Waals surface area contributed by atoms with Crippen molar-refractivity contribution < 1.29 is 4.79 Å². The zero-order valence-electron chi connectivity index (χ0n) is 13.7. The number of benzene rings is 3. The molecule has 0 amide bonds. The van der Waals surface area contributed by atoms with Crippen molar-refractivity contribution in [1.82, 2.24) is 0 Å². The Bertz CT molecular complexity index is 779. The predicted molar refractivity (Wildman–Crippen MR) is 102 cm³/mol. The van der Waals surface area contributed by atoms with Gasteiger partial charge in [-0.25, -0.2) is 0 Å². The average molecular weight is 332 g/mol. The molecule has 0 radical (unpaired) electrons. The largest absolute Gasteiger partial charge is 0.294 e. The summed E-state index contributed by atoms with van der Waals surface area (Å²) in [5.74, 6) is 0.185. The number of carbonyl (C=O) groups is 1. The second-order valence-corrected chi connectivity index (χ2v) is 7.10. The zero-order valence-corrected chi connectivity index (χ0v) is 14.5. The standard InChI is InChI=1S/C22H20OS/c1-17-12-14-19(15-13-17)22(24-20-10-6-3-7-11-20)16-21(23)18-8-4-2-5-9-18/h2-15,22H,16H2,1H3. The molecule has 0 saturated heterocycles. The quantitative estimate of drug-likeness (QED) is 0.400. The molecule has 0 fully saturated rings. The topological polar surface area (TPSA) is 17.1 Å². The van der Waals surface area contributed by atoms with Gasteiger partial charge in [0.1, 0.15) is 0 Å². The molecule has 0 heterocycles. The number of hydrogen-bond donors (Lipinski definition) is 0. The van der Waals surface area contributed by atoms with Crippen molar-refractivity contribution in [1.29, 1.82) is 0 Å². The van der Waals surface area contributed by atoms with Gasteiger partial charge in [0, 0.05) is 22.1 Å². The van der Waals surface area contributed by atoms with Crippen LogP contribution in [0.4, 0.5) is 0 Å². The van der Waals surface area contributed by atoms with Crippen molar-refractivity contribution in [3.05, 3.63) is 102 Å². The second kappa shape index (κ2) is 7.98. The summed E-state index contributed by atoms with van der Waals surface area (Å²) in [6, 6.07) is 28.3. The lowest BCUT2D eigenvalue weighted by atomic mass is 10.0. The van der Waals surface area contributed by atoms with Gasteiger partial charge in [0.2, 0.25) is 0 Å². The van der Waals surface area contributed by atoms with E-state index in [0.717, 1.165) is 5.56 Å². The van der Waals surface area contributed by atoms with E-state index in [9.17, 15) is 4.79 Å². The molecule has 1 nitrogen and oxygen atoms in total. The molecule has 0 aliphatic rings. The predicted octanol–water partition coefficient (Wildman–Crippen LogP) is 6.10. The summed E-state index contributed by atoms with van der Waals surface area (Å²) in [5.41, 5.74) is 3.21. The van der Waals surface area contributed by atoms with Crippen LogP contribution in [0.15, 0.2) is 89.8 Å². The Hall–Kier alpha value is -2.32. The molecule has 0 aliphatic carbocycles. The first-order chi connectivity index (χ1) is 11.7. The van der Waals surface area contributed by atoms with Crippen LogP contribution in [0.2, 0.25) is 0 Å². The van der Waals surface area contributed by atoms with Gasteiger partial charge in [-0.05, 0) is 24.6 Å².